The zero-order valence-corrected chi connectivity index (χ0v) is 17.3. The molecule has 1 atom stereocenters. The van der Waals surface area contributed by atoms with Crippen molar-refractivity contribution in [3.8, 4) is 0 Å². The number of nitrogens with zero attached hydrogens (tertiary/aromatic N) is 2. The van der Waals surface area contributed by atoms with Crippen molar-refractivity contribution in [2.75, 3.05) is 31.9 Å². The average molecular weight is 383 g/mol. The summed E-state index contributed by atoms with van der Waals surface area (Å²) >= 11 is 1.84. The summed E-state index contributed by atoms with van der Waals surface area (Å²) in [6, 6.07) is 19.3. The minimum Gasteiger partial charge on any atom is -0.333 e. The molecule has 0 aromatic heterocycles. The first-order chi connectivity index (χ1) is 13.2. The lowest BCUT2D eigenvalue weighted by Crippen LogP contribution is -2.37. The van der Waals surface area contributed by atoms with Gasteiger partial charge in [-0.2, -0.15) is 0 Å². The van der Waals surface area contributed by atoms with Crippen LogP contribution in [0.1, 0.15) is 36.9 Å². The van der Waals surface area contributed by atoms with Crippen molar-refractivity contribution in [3.05, 3.63) is 65.7 Å². The normalized spacial score (nSPS) is 17.0. The van der Waals surface area contributed by atoms with Crippen molar-refractivity contribution in [2.45, 2.75) is 37.6 Å². The molecule has 3 nitrogen and oxygen atoms in total. The molecule has 0 saturated carbocycles. The van der Waals surface area contributed by atoms with E-state index in [1.807, 2.05) is 17.8 Å². The van der Waals surface area contributed by atoms with Crippen LogP contribution >= 0.6 is 11.8 Å². The fraction of sp³-hybridized carbons (Fsp3) is 0.435. The largest absolute Gasteiger partial charge is 0.333 e. The van der Waals surface area contributed by atoms with Crippen molar-refractivity contribution < 1.29 is 4.79 Å². The molecule has 0 N–H and O–H groups in total. The van der Waals surface area contributed by atoms with Gasteiger partial charge in [0.2, 0.25) is 5.91 Å². The SMILES string of the molecule is CCCN1CCC(=O)N([C@@H](CSc2ccc(C)cc2)c2ccccc2)CC1. The van der Waals surface area contributed by atoms with Crippen LogP contribution in [0.2, 0.25) is 0 Å². The summed E-state index contributed by atoms with van der Waals surface area (Å²) in [7, 11) is 0. The highest BCUT2D eigenvalue weighted by molar-refractivity contribution is 7.99. The van der Waals surface area contributed by atoms with Gasteiger partial charge in [0.1, 0.15) is 0 Å². The van der Waals surface area contributed by atoms with Crippen LogP contribution in [-0.2, 0) is 4.79 Å². The van der Waals surface area contributed by atoms with E-state index in [1.165, 1.54) is 16.0 Å². The zero-order chi connectivity index (χ0) is 19.1. The minimum atomic E-state index is 0.117. The van der Waals surface area contributed by atoms with Crippen LogP contribution in [0.4, 0.5) is 0 Å². The van der Waals surface area contributed by atoms with Crippen LogP contribution < -0.4 is 0 Å². The number of amides is 1. The zero-order valence-electron chi connectivity index (χ0n) is 16.4. The second kappa shape index (κ2) is 9.95. The Morgan fingerprint density at radius 3 is 2.44 bits per heavy atom. The van der Waals surface area contributed by atoms with E-state index in [0.717, 1.165) is 38.4 Å². The van der Waals surface area contributed by atoms with Gasteiger partial charge in [0.15, 0.2) is 0 Å². The van der Waals surface area contributed by atoms with Gasteiger partial charge in [0.25, 0.3) is 0 Å². The summed E-state index contributed by atoms with van der Waals surface area (Å²) < 4.78 is 0. The predicted molar refractivity (Wildman–Crippen MR) is 114 cm³/mol. The molecule has 1 saturated heterocycles. The van der Waals surface area contributed by atoms with E-state index >= 15 is 0 Å². The van der Waals surface area contributed by atoms with Gasteiger partial charge in [-0.25, -0.2) is 0 Å². The van der Waals surface area contributed by atoms with Crippen LogP contribution in [0.15, 0.2) is 59.5 Å². The van der Waals surface area contributed by atoms with E-state index in [9.17, 15) is 4.79 Å². The van der Waals surface area contributed by atoms with Crippen LogP contribution in [0.3, 0.4) is 0 Å². The number of hydrogen-bond donors (Lipinski definition) is 0. The predicted octanol–water partition coefficient (Wildman–Crippen LogP) is 4.77. The second-order valence-electron chi connectivity index (χ2n) is 7.23. The highest BCUT2D eigenvalue weighted by Gasteiger charge is 2.28. The molecule has 0 radical (unpaired) electrons. The molecule has 0 bridgehead atoms. The number of hydrogen-bond acceptors (Lipinski definition) is 3. The van der Waals surface area contributed by atoms with Crippen molar-refractivity contribution in [3.63, 3.8) is 0 Å². The van der Waals surface area contributed by atoms with Crippen molar-refractivity contribution in [1.29, 1.82) is 0 Å². The third-order valence-corrected chi connectivity index (χ3v) is 6.24. The molecule has 144 valence electrons. The van der Waals surface area contributed by atoms with Gasteiger partial charge in [-0.3, -0.25) is 4.79 Å². The molecule has 1 aliphatic rings. The molecule has 0 spiro atoms. The van der Waals surface area contributed by atoms with E-state index in [1.54, 1.807) is 0 Å². The monoisotopic (exact) mass is 382 g/mol. The van der Waals surface area contributed by atoms with Gasteiger partial charge in [0.05, 0.1) is 6.04 Å². The summed E-state index contributed by atoms with van der Waals surface area (Å²) in [4.78, 5) is 18.7. The van der Waals surface area contributed by atoms with E-state index < -0.39 is 0 Å². The Kier molecular flexibility index (Phi) is 7.36. The Bertz CT molecular complexity index is 717. The molecule has 4 heteroatoms. The van der Waals surface area contributed by atoms with E-state index in [2.05, 4.69) is 72.2 Å². The third-order valence-electron chi connectivity index (χ3n) is 5.15. The third kappa shape index (κ3) is 5.60. The van der Waals surface area contributed by atoms with Gasteiger partial charge >= 0.3 is 0 Å². The van der Waals surface area contributed by atoms with Gasteiger partial charge in [0, 0.05) is 36.7 Å². The topological polar surface area (TPSA) is 23.6 Å². The molecule has 3 rings (SSSR count). The first-order valence-electron chi connectivity index (χ1n) is 9.93. The lowest BCUT2D eigenvalue weighted by molar-refractivity contribution is -0.132. The van der Waals surface area contributed by atoms with E-state index in [0.29, 0.717) is 6.42 Å². The van der Waals surface area contributed by atoms with Crippen LogP contribution in [-0.4, -0.2) is 47.6 Å². The van der Waals surface area contributed by atoms with Crippen LogP contribution in [0.25, 0.3) is 0 Å². The molecule has 1 amide bonds. The first kappa shape index (κ1) is 20.0. The molecule has 1 fully saturated rings. The molecular formula is C23H30N2OS. The molecular weight excluding hydrogens is 352 g/mol. The van der Waals surface area contributed by atoms with Gasteiger partial charge in [-0.1, -0.05) is 55.0 Å². The number of rotatable bonds is 7. The Morgan fingerprint density at radius 2 is 1.74 bits per heavy atom. The summed E-state index contributed by atoms with van der Waals surface area (Å²) in [6.45, 7) is 8.06. The second-order valence-corrected chi connectivity index (χ2v) is 8.32. The van der Waals surface area contributed by atoms with E-state index in [4.69, 9.17) is 0 Å². The van der Waals surface area contributed by atoms with Crippen molar-refractivity contribution >= 4 is 17.7 Å². The highest BCUT2D eigenvalue weighted by Crippen LogP contribution is 2.30. The molecule has 1 heterocycles. The standard InChI is InChI=1S/C23H30N2OS/c1-3-14-24-15-13-23(26)25(17-16-24)22(20-7-5-4-6-8-20)18-27-21-11-9-19(2)10-12-21/h4-12,22H,3,13-18H2,1-2H3/t22-/m0/s1. The fourth-order valence-corrected chi connectivity index (χ4v) is 4.65. The maximum Gasteiger partial charge on any atom is 0.224 e. The minimum absolute atomic E-state index is 0.117. The lowest BCUT2D eigenvalue weighted by Gasteiger charge is -2.31. The molecule has 2 aromatic rings. The average Bonchev–Trinajstić information content (AvgIpc) is 2.87. The molecule has 0 aliphatic carbocycles. The Morgan fingerprint density at radius 1 is 1.00 bits per heavy atom. The van der Waals surface area contributed by atoms with Gasteiger partial charge < -0.3 is 9.80 Å². The first-order valence-corrected chi connectivity index (χ1v) is 10.9. The quantitative estimate of drug-likeness (QED) is 0.644. The summed E-state index contributed by atoms with van der Waals surface area (Å²) in [5, 5.41) is 0. The van der Waals surface area contributed by atoms with Gasteiger partial charge in [-0.05, 0) is 37.6 Å². The van der Waals surface area contributed by atoms with Gasteiger partial charge in [-0.15, -0.1) is 11.8 Å². The number of benzene rings is 2. The number of carbonyl (C=O) groups is 1. The molecule has 27 heavy (non-hydrogen) atoms. The summed E-state index contributed by atoms with van der Waals surface area (Å²) in [5.41, 5.74) is 2.51. The number of carbonyl (C=O) groups excluding carboxylic acids is 1. The van der Waals surface area contributed by atoms with Crippen molar-refractivity contribution in [1.82, 2.24) is 9.80 Å². The van der Waals surface area contributed by atoms with Crippen LogP contribution in [0.5, 0.6) is 0 Å². The highest BCUT2D eigenvalue weighted by atomic mass is 32.2. The fourth-order valence-electron chi connectivity index (χ4n) is 3.60. The molecule has 0 unspecified atom stereocenters. The Hall–Kier alpha value is -1.78. The van der Waals surface area contributed by atoms with Crippen molar-refractivity contribution in [2.24, 2.45) is 0 Å². The lowest BCUT2D eigenvalue weighted by atomic mass is 10.1. The summed E-state index contributed by atoms with van der Waals surface area (Å²) in [5.74, 6) is 1.17. The Labute approximate surface area is 167 Å². The Balaban J connectivity index is 1.77. The molecule has 2 aromatic carbocycles. The van der Waals surface area contributed by atoms with Crippen LogP contribution in [0, 0.1) is 6.92 Å². The van der Waals surface area contributed by atoms with E-state index in [-0.39, 0.29) is 11.9 Å². The summed E-state index contributed by atoms with van der Waals surface area (Å²) in [6.07, 6.45) is 1.76. The number of thioether (sulfide) groups is 1. The number of aryl methyl sites for hydroxylation is 1. The maximum atomic E-state index is 12.9. The smallest absolute Gasteiger partial charge is 0.224 e. The maximum absolute atomic E-state index is 12.9. The molecule has 1 aliphatic heterocycles.